The summed E-state index contributed by atoms with van der Waals surface area (Å²) in [6.45, 7) is 3.53. The molecule has 0 heterocycles. The number of hydrogen-bond acceptors (Lipinski definition) is 4. The van der Waals surface area contributed by atoms with Crippen LogP contribution in [-0.4, -0.2) is 28.0 Å². The maximum Gasteiger partial charge on any atom is 0.238 e. The molecule has 0 atom stereocenters. The van der Waals surface area contributed by atoms with E-state index >= 15 is 0 Å². The summed E-state index contributed by atoms with van der Waals surface area (Å²) in [5.41, 5.74) is 1.05. The average Bonchev–Trinajstić information content (AvgIpc) is 2.25. The molecule has 0 aliphatic rings. The highest BCUT2D eigenvalue weighted by Gasteiger charge is 2.16. The Morgan fingerprint density at radius 3 is 2.26 bits per heavy atom. The number of rotatable bonds is 5. The number of benzene rings is 1. The molecule has 0 spiro atoms. The van der Waals surface area contributed by atoms with E-state index in [0.29, 0.717) is 16.9 Å². The van der Waals surface area contributed by atoms with Gasteiger partial charge in [-0.2, -0.15) is 0 Å². The Labute approximate surface area is 113 Å². The molecule has 0 saturated carbocycles. The van der Waals surface area contributed by atoms with Crippen molar-refractivity contribution in [2.24, 2.45) is 5.14 Å². The van der Waals surface area contributed by atoms with Gasteiger partial charge in [0.15, 0.2) is 0 Å². The molecule has 0 aliphatic carbocycles. The molecule has 3 N–H and O–H groups in total. The van der Waals surface area contributed by atoms with Crippen molar-refractivity contribution in [3.8, 4) is 5.75 Å². The third-order valence-corrected chi connectivity index (χ3v) is 3.81. The summed E-state index contributed by atoms with van der Waals surface area (Å²) in [7, 11) is -2.19. The second-order valence-corrected chi connectivity index (χ2v) is 5.70. The quantitative estimate of drug-likeness (QED) is 0.821. The van der Waals surface area contributed by atoms with Crippen molar-refractivity contribution < 1.29 is 17.9 Å². The van der Waals surface area contributed by atoms with E-state index in [1.54, 1.807) is 33.0 Å². The Bertz CT molecular complexity index is 558. The van der Waals surface area contributed by atoms with Crippen molar-refractivity contribution in [3.05, 3.63) is 23.3 Å². The number of carbonyl (C=O) groups excluding carboxylic acids is 1. The number of nitrogens with two attached hydrogens (primary N) is 1. The molecule has 106 valence electrons. The van der Waals surface area contributed by atoms with E-state index in [0.717, 1.165) is 0 Å². The molecule has 0 saturated heterocycles. The molecule has 0 aromatic heterocycles. The van der Waals surface area contributed by atoms with Gasteiger partial charge in [-0.25, -0.2) is 13.6 Å². The summed E-state index contributed by atoms with van der Waals surface area (Å²) in [5, 5.41) is 7.63. The Balaban J connectivity index is 2.87. The first-order chi connectivity index (χ1) is 8.75. The molecule has 19 heavy (non-hydrogen) atoms. The van der Waals surface area contributed by atoms with Gasteiger partial charge in [0.05, 0.1) is 17.9 Å². The van der Waals surface area contributed by atoms with Gasteiger partial charge in [-0.05, 0) is 37.1 Å². The van der Waals surface area contributed by atoms with Crippen LogP contribution in [0.2, 0.25) is 0 Å². The molecule has 0 bridgehead atoms. The van der Waals surface area contributed by atoms with Gasteiger partial charge >= 0.3 is 0 Å². The maximum absolute atomic E-state index is 11.4. The number of carbonyl (C=O) groups is 1. The molecule has 1 aromatic rings. The van der Waals surface area contributed by atoms with Crippen molar-refractivity contribution in [1.29, 1.82) is 0 Å². The van der Waals surface area contributed by atoms with Gasteiger partial charge in [0, 0.05) is 7.05 Å². The molecule has 0 aliphatic heterocycles. The normalized spacial score (nSPS) is 11.2. The van der Waals surface area contributed by atoms with Crippen LogP contribution in [0.1, 0.15) is 17.5 Å². The van der Waals surface area contributed by atoms with Crippen molar-refractivity contribution >= 4 is 15.9 Å². The zero-order chi connectivity index (χ0) is 14.6. The number of primary sulfonamides is 1. The SMILES string of the molecule is CNC(=O)CCOc1cc(C)c(S(N)(=O)=O)c(C)c1. The summed E-state index contributed by atoms with van der Waals surface area (Å²) in [6.07, 6.45) is 0.242. The zero-order valence-electron chi connectivity index (χ0n) is 11.2. The predicted octanol–water partition coefficient (Wildman–Crippen LogP) is 0.466. The van der Waals surface area contributed by atoms with E-state index in [1.165, 1.54) is 0 Å². The molecule has 0 unspecified atom stereocenters. The highest BCUT2D eigenvalue weighted by molar-refractivity contribution is 7.89. The average molecular weight is 286 g/mol. The van der Waals surface area contributed by atoms with Crippen LogP contribution in [0.5, 0.6) is 5.75 Å². The fourth-order valence-electron chi connectivity index (χ4n) is 1.83. The number of amides is 1. The lowest BCUT2D eigenvalue weighted by Crippen LogP contribution is -2.20. The van der Waals surface area contributed by atoms with E-state index in [-0.39, 0.29) is 23.8 Å². The Kier molecular flexibility index (Phi) is 4.90. The van der Waals surface area contributed by atoms with Gasteiger partial charge in [-0.15, -0.1) is 0 Å². The van der Waals surface area contributed by atoms with Gasteiger partial charge < -0.3 is 10.1 Å². The fourth-order valence-corrected chi connectivity index (χ4v) is 2.84. The van der Waals surface area contributed by atoms with Gasteiger partial charge in [-0.1, -0.05) is 0 Å². The summed E-state index contributed by atoms with van der Waals surface area (Å²) < 4.78 is 28.2. The van der Waals surface area contributed by atoms with E-state index in [2.05, 4.69) is 5.32 Å². The van der Waals surface area contributed by atoms with Crippen LogP contribution < -0.4 is 15.2 Å². The maximum atomic E-state index is 11.4. The molecule has 7 heteroatoms. The van der Waals surface area contributed by atoms with Crippen LogP contribution >= 0.6 is 0 Å². The number of hydrogen-bond donors (Lipinski definition) is 2. The first-order valence-corrected chi connectivity index (χ1v) is 7.27. The molecular weight excluding hydrogens is 268 g/mol. The van der Waals surface area contributed by atoms with Gasteiger partial charge in [0.1, 0.15) is 5.75 Å². The van der Waals surface area contributed by atoms with Crippen molar-refractivity contribution in [2.75, 3.05) is 13.7 Å². The fraction of sp³-hybridized carbons (Fsp3) is 0.417. The summed E-state index contributed by atoms with van der Waals surface area (Å²) >= 11 is 0. The smallest absolute Gasteiger partial charge is 0.238 e. The van der Waals surface area contributed by atoms with Gasteiger partial charge in [0.2, 0.25) is 15.9 Å². The lowest BCUT2D eigenvalue weighted by atomic mass is 10.1. The van der Waals surface area contributed by atoms with E-state index < -0.39 is 10.0 Å². The van der Waals surface area contributed by atoms with Crippen LogP contribution in [0, 0.1) is 13.8 Å². The number of nitrogens with one attached hydrogen (secondary N) is 1. The zero-order valence-corrected chi connectivity index (χ0v) is 12.0. The second kappa shape index (κ2) is 6.03. The van der Waals surface area contributed by atoms with Gasteiger partial charge in [-0.3, -0.25) is 4.79 Å². The van der Waals surface area contributed by atoms with Crippen molar-refractivity contribution in [1.82, 2.24) is 5.32 Å². The summed E-state index contributed by atoms with van der Waals surface area (Å²) in [5.74, 6) is 0.404. The number of aryl methyl sites for hydroxylation is 2. The van der Waals surface area contributed by atoms with E-state index in [1.807, 2.05) is 0 Å². The minimum Gasteiger partial charge on any atom is -0.493 e. The van der Waals surface area contributed by atoms with E-state index in [9.17, 15) is 13.2 Å². The minimum absolute atomic E-state index is 0.116. The lowest BCUT2D eigenvalue weighted by Gasteiger charge is -2.11. The summed E-state index contributed by atoms with van der Waals surface area (Å²) in [4.78, 5) is 11.2. The van der Waals surface area contributed by atoms with Crippen LogP contribution in [-0.2, 0) is 14.8 Å². The van der Waals surface area contributed by atoms with Crippen LogP contribution in [0.3, 0.4) is 0 Å². The Hall–Kier alpha value is -1.60. The Morgan fingerprint density at radius 2 is 1.84 bits per heavy atom. The van der Waals surface area contributed by atoms with Gasteiger partial charge in [0.25, 0.3) is 0 Å². The third kappa shape index (κ3) is 4.22. The largest absolute Gasteiger partial charge is 0.493 e. The number of ether oxygens (including phenoxy) is 1. The first-order valence-electron chi connectivity index (χ1n) is 5.73. The van der Waals surface area contributed by atoms with Crippen molar-refractivity contribution in [2.45, 2.75) is 25.2 Å². The third-order valence-electron chi connectivity index (χ3n) is 2.60. The molecule has 6 nitrogen and oxygen atoms in total. The highest BCUT2D eigenvalue weighted by atomic mass is 32.2. The van der Waals surface area contributed by atoms with Crippen LogP contribution in [0.15, 0.2) is 17.0 Å². The first kappa shape index (κ1) is 15.5. The number of sulfonamides is 1. The predicted molar refractivity (Wildman–Crippen MR) is 71.5 cm³/mol. The van der Waals surface area contributed by atoms with Crippen LogP contribution in [0.25, 0.3) is 0 Å². The molecular formula is C12H18N2O4S. The molecule has 1 rings (SSSR count). The lowest BCUT2D eigenvalue weighted by molar-refractivity contribution is -0.121. The minimum atomic E-state index is -3.74. The standard InChI is InChI=1S/C12H18N2O4S/c1-8-6-10(18-5-4-11(15)14-3)7-9(2)12(8)19(13,16)17/h6-7H,4-5H2,1-3H3,(H,14,15)(H2,13,16,17). The van der Waals surface area contributed by atoms with E-state index in [4.69, 9.17) is 9.88 Å². The second-order valence-electron chi connectivity index (χ2n) is 4.20. The topological polar surface area (TPSA) is 98.5 Å². The molecule has 1 aromatic carbocycles. The molecule has 0 fully saturated rings. The van der Waals surface area contributed by atoms with Crippen molar-refractivity contribution in [3.63, 3.8) is 0 Å². The summed E-state index contributed by atoms with van der Waals surface area (Å²) in [6, 6.07) is 3.19. The Morgan fingerprint density at radius 1 is 1.32 bits per heavy atom. The van der Waals surface area contributed by atoms with Crippen LogP contribution in [0.4, 0.5) is 0 Å². The molecule has 0 radical (unpaired) electrons. The highest BCUT2D eigenvalue weighted by Crippen LogP contribution is 2.24. The monoisotopic (exact) mass is 286 g/mol. The molecule has 1 amide bonds.